The molecule has 0 bridgehead atoms. The number of rotatable bonds is 6. The van der Waals surface area contributed by atoms with Gasteiger partial charge in [-0.25, -0.2) is 0 Å². The van der Waals surface area contributed by atoms with Gasteiger partial charge in [-0.2, -0.15) is 0 Å². The second kappa shape index (κ2) is 8.80. The summed E-state index contributed by atoms with van der Waals surface area (Å²) < 4.78 is 7.70. The molecule has 4 aromatic rings. The maximum Gasteiger partial charge on any atom is 0.174 e. The van der Waals surface area contributed by atoms with E-state index in [0.29, 0.717) is 11.7 Å². The van der Waals surface area contributed by atoms with Gasteiger partial charge in [0.15, 0.2) is 5.11 Å². The van der Waals surface area contributed by atoms with Crippen molar-refractivity contribution in [3.05, 3.63) is 108 Å². The van der Waals surface area contributed by atoms with Crippen molar-refractivity contribution in [3.8, 4) is 5.75 Å². The number of pyridine rings is 2. The summed E-state index contributed by atoms with van der Waals surface area (Å²) in [5, 5.41) is 4.17. The van der Waals surface area contributed by atoms with Crippen molar-refractivity contribution in [2.24, 2.45) is 0 Å². The fraction of sp³-hybridized carbons (Fsp3) is 0.160. The highest BCUT2D eigenvalue weighted by Gasteiger charge is 2.42. The lowest BCUT2D eigenvalue weighted by Gasteiger charge is -2.29. The minimum Gasteiger partial charge on any atom is -0.497 e. The van der Waals surface area contributed by atoms with Crippen LogP contribution < -0.4 is 15.0 Å². The van der Waals surface area contributed by atoms with Gasteiger partial charge in [0, 0.05) is 36.0 Å². The van der Waals surface area contributed by atoms with Gasteiger partial charge in [-0.3, -0.25) is 9.97 Å². The first-order valence-corrected chi connectivity index (χ1v) is 10.8. The van der Waals surface area contributed by atoms with Crippen LogP contribution in [-0.2, 0) is 6.54 Å². The zero-order chi connectivity index (χ0) is 21.9. The van der Waals surface area contributed by atoms with Crippen LogP contribution in [0, 0.1) is 0 Å². The predicted octanol–water partition coefficient (Wildman–Crippen LogP) is 4.51. The van der Waals surface area contributed by atoms with Crippen molar-refractivity contribution in [1.82, 2.24) is 19.9 Å². The molecule has 0 aliphatic carbocycles. The summed E-state index contributed by atoms with van der Waals surface area (Å²) in [6, 6.07) is 23.9. The van der Waals surface area contributed by atoms with Crippen LogP contribution in [0.2, 0.25) is 0 Å². The second-order valence-corrected chi connectivity index (χ2v) is 7.97. The molecule has 4 heterocycles. The molecular formula is C25H23N5OS. The molecule has 6 nitrogen and oxygen atoms in total. The highest BCUT2D eigenvalue weighted by Crippen LogP contribution is 2.42. The Balaban J connectivity index is 1.60. The fourth-order valence-corrected chi connectivity index (χ4v) is 4.55. The molecule has 2 atom stereocenters. The Labute approximate surface area is 192 Å². The van der Waals surface area contributed by atoms with E-state index in [2.05, 4.69) is 49.1 Å². The molecule has 32 heavy (non-hydrogen) atoms. The molecule has 1 aliphatic rings. The number of ether oxygens (including phenoxy) is 1. The first-order valence-electron chi connectivity index (χ1n) is 10.4. The van der Waals surface area contributed by atoms with E-state index in [0.717, 1.165) is 28.5 Å². The standard InChI is InChI=1S/C25H23N5OS/c1-31-20-10-6-9-19(16-20)30-24(23(28-25(30)32)21-11-3-5-14-27-21)22-12-7-15-29(22)17-18-8-2-4-13-26-18/h2-16,23-24H,17H2,1H3,(H,28,32)/t23-,24+/m0/s1. The minimum atomic E-state index is -0.104. The number of hydrogen-bond donors (Lipinski definition) is 1. The molecule has 1 fully saturated rings. The van der Waals surface area contributed by atoms with E-state index in [9.17, 15) is 0 Å². The van der Waals surface area contributed by atoms with Gasteiger partial charge in [-0.15, -0.1) is 0 Å². The highest BCUT2D eigenvalue weighted by molar-refractivity contribution is 7.80. The molecule has 0 amide bonds. The lowest BCUT2D eigenvalue weighted by atomic mass is 10.0. The van der Waals surface area contributed by atoms with E-state index in [1.807, 2.05) is 67.0 Å². The summed E-state index contributed by atoms with van der Waals surface area (Å²) in [5.41, 5.74) is 4.04. The average Bonchev–Trinajstić information content (AvgIpc) is 3.43. The summed E-state index contributed by atoms with van der Waals surface area (Å²) in [6.45, 7) is 0.674. The Morgan fingerprint density at radius 2 is 1.81 bits per heavy atom. The SMILES string of the molecule is COc1cccc(N2C(=S)N[C@@H](c3ccccn3)[C@H]2c2cccn2Cc2ccccn2)c1. The van der Waals surface area contributed by atoms with Gasteiger partial charge in [0.1, 0.15) is 11.8 Å². The van der Waals surface area contributed by atoms with Gasteiger partial charge in [0.05, 0.1) is 31.1 Å². The number of hydrogen-bond acceptors (Lipinski definition) is 4. The van der Waals surface area contributed by atoms with Crippen LogP contribution in [0.25, 0.3) is 0 Å². The summed E-state index contributed by atoms with van der Waals surface area (Å²) in [5.74, 6) is 0.786. The summed E-state index contributed by atoms with van der Waals surface area (Å²) >= 11 is 5.83. The molecule has 0 spiro atoms. The van der Waals surface area contributed by atoms with Crippen LogP contribution >= 0.6 is 12.2 Å². The number of nitrogens with one attached hydrogen (secondary N) is 1. The number of benzene rings is 1. The van der Waals surface area contributed by atoms with Gasteiger partial charge < -0.3 is 19.5 Å². The molecule has 1 N–H and O–H groups in total. The highest BCUT2D eigenvalue weighted by atomic mass is 32.1. The molecule has 0 saturated carbocycles. The Bertz CT molecular complexity index is 1210. The van der Waals surface area contributed by atoms with Crippen molar-refractivity contribution in [3.63, 3.8) is 0 Å². The smallest absolute Gasteiger partial charge is 0.174 e. The van der Waals surface area contributed by atoms with Gasteiger partial charge in [-0.1, -0.05) is 18.2 Å². The van der Waals surface area contributed by atoms with Gasteiger partial charge >= 0.3 is 0 Å². The number of anilines is 1. The third kappa shape index (κ3) is 3.83. The first-order chi connectivity index (χ1) is 15.7. The third-order valence-electron chi connectivity index (χ3n) is 5.66. The number of methoxy groups -OCH3 is 1. The molecule has 5 rings (SSSR count). The summed E-state index contributed by atoms with van der Waals surface area (Å²) in [4.78, 5) is 11.3. The van der Waals surface area contributed by atoms with E-state index in [4.69, 9.17) is 17.0 Å². The molecular weight excluding hydrogens is 418 g/mol. The molecule has 1 aliphatic heterocycles. The molecule has 7 heteroatoms. The number of nitrogens with zero attached hydrogens (tertiary/aromatic N) is 4. The van der Waals surface area contributed by atoms with Crippen LogP contribution in [0.5, 0.6) is 5.75 Å². The second-order valence-electron chi connectivity index (χ2n) is 7.58. The van der Waals surface area contributed by atoms with E-state index in [1.54, 1.807) is 7.11 Å². The quantitative estimate of drug-likeness (QED) is 0.444. The Morgan fingerprint density at radius 1 is 0.969 bits per heavy atom. The molecule has 3 aromatic heterocycles. The topological polar surface area (TPSA) is 55.2 Å². The van der Waals surface area contributed by atoms with Crippen LogP contribution in [-0.4, -0.2) is 26.8 Å². The number of aromatic nitrogens is 3. The van der Waals surface area contributed by atoms with Crippen LogP contribution in [0.15, 0.2) is 91.4 Å². The fourth-order valence-electron chi connectivity index (χ4n) is 4.20. The van der Waals surface area contributed by atoms with E-state index in [1.165, 1.54) is 0 Å². The minimum absolute atomic E-state index is 0.0942. The van der Waals surface area contributed by atoms with Crippen LogP contribution in [0.4, 0.5) is 5.69 Å². The molecule has 0 radical (unpaired) electrons. The number of thiocarbonyl (C=S) groups is 1. The van der Waals surface area contributed by atoms with Crippen molar-refractivity contribution in [2.45, 2.75) is 18.6 Å². The molecule has 0 unspecified atom stereocenters. The van der Waals surface area contributed by atoms with Crippen molar-refractivity contribution < 1.29 is 4.74 Å². The normalized spacial score (nSPS) is 17.9. The van der Waals surface area contributed by atoms with Gasteiger partial charge in [-0.05, 0) is 60.7 Å². The van der Waals surface area contributed by atoms with Crippen molar-refractivity contribution in [1.29, 1.82) is 0 Å². The zero-order valence-electron chi connectivity index (χ0n) is 17.6. The lowest BCUT2D eigenvalue weighted by Crippen LogP contribution is -2.30. The van der Waals surface area contributed by atoms with E-state index < -0.39 is 0 Å². The predicted molar refractivity (Wildman–Crippen MR) is 129 cm³/mol. The summed E-state index contributed by atoms with van der Waals surface area (Å²) in [7, 11) is 1.67. The van der Waals surface area contributed by atoms with Crippen LogP contribution in [0.1, 0.15) is 29.2 Å². The van der Waals surface area contributed by atoms with Crippen molar-refractivity contribution >= 4 is 23.0 Å². The largest absolute Gasteiger partial charge is 0.497 e. The third-order valence-corrected chi connectivity index (χ3v) is 5.97. The average molecular weight is 442 g/mol. The monoisotopic (exact) mass is 441 g/mol. The lowest BCUT2D eigenvalue weighted by molar-refractivity contribution is 0.414. The van der Waals surface area contributed by atoms with E-state index >= 15 is 0 Å². The molecule has 1 saturated heterocycles. The Morgan fingerprint density at radius 3 is 2.56 bits per heavy atom. The van der Waals surface area contributed by atoms with Crippen molar-refractivity contribution in [2.75, 3.05) is 12.0 Å². The Kier molecular flexibility index (Phi) is 5.56. The van der Waals surface area contributed by atoms with Gasteiger partial charge in [0.2, 0.25) is 0 Å². The zero-order valence-corrected chi connectivity index (χ0v) is 18.4. The molecule has 160 valence electrons. The first kappa shape index (κ1) is 20.2. The van der Waals surface area contributed by atoms with Crippen LogP contribution in [0.3, 0.4) is 0 Å². The molecule has 1 aromatic carbocycles. The van der Waals surface area contributed by atoms with Gasteiger partial charge in [0.25, 0.3) is 0 Å². The maximum absolute atomic E-state index is 5.83. The maximum atomic E-state index is 5.83. The summed E-state index contributed by atoms with van der Waals surface area (Å²) in [6.07, 6.45) is 5.73. The van der Waals surface area contributed by atoms with E-state index in [-0.39, 0.29) is 12.1 Å². The Hall–Kier alpha value is -3.71.